The van der Waals surface area contributed by atoms with Crippen molar-refractivity contribution in [2.45, 2.75) is 0 Å². The molecule has 0 bridgehead atoms. The maximum absolute atomic E-state index is 12.7. The van der Waals surface area contributed by atoms with E-state index in [4.69, 9.17) is 5.26 Å². The van der Waals surface area contributed by atoms with Crippen molar-refractivity contribution in [2.24, 2.45) is 0 Å². The quantitative estimate of drug-likeness (QED) is 0.718. The molecule has 0 saturated carbocycles. The molecule has 1 fully saturated rings. The van der Waals surface area contributed by atoms with Gasteiger partial charge in [0.1, 0.15) is 0 Å². The van der Waals surface area contributed by atoms with Gasteiger partial charge in [-0.05, 0) is 18.2 Å². The molecule has 2 heterocycles. The lowest BCUT2D eigenvalue weighted by molar-refractivity contribution is 0.0747. The Hall–Kier alpha value is -3.39. The van der Waals surface area contributed by atoms with Gasteiger partial charge in [0, 0.05) is 48.7 Å². The van der Waals surface area contributed by atoms with Crippen molar-refractivity contribution in [1.82, 2.24) is 9.88 Å². The number of carbonyl (C=O) groups is 1. The van der Waals surface area contributed by atoms with Gasteiger partial charge in [0.05, 0.1) is 23.5 Å². The zero-order chi connectivity index (χ0) is 17.9. The summed E-state index contributed by atoms with van der Waals surface area (Å²) in [6, 6.07) is 17.2. The molecule has 0 aliphatic carbocycles. The van der Waals surface area contributed by atoms with Crippen molar-refractivity contribution in [3.05, 3.63) is 72.1 Å². The molecule has 0 radical (unpaired) electrons. The first-order chi connectivity index (χ1) is 12.8. The zero-order valence-electron chi connectivity index (χ0n) is 14.3. The summed E-state index contributed by atoms with van der Waals surface area (Å²) in [4.78, 5) is 21.2. The van der Waals surface area contributed by atoms with Gasteiger partial charge in [-0.25, -0.2) is 0 Å². The van der Waals surface area contributed by atoms with Gasteiger partial charge in [0.2, 0.25) is 0 Å². The third kappa shape index (κ3) is 2.98. The Labute approximate surface area is 152 Å². The second-order valence-electron chi connectivity index (χ2n) is 6.35. The number of rotatable bonds is 2. The molecule has 1 aromatic heterocycles. The summed E-state index contributed by atoms with van der Waals surface area (Å²) in [5.74, 6) is -0.0159. The highest BCUT2D eigenvalue weighted by molar-refractivity contribution is 5.95. The first-order valence-corrected chi connectivity index (χ1v) is 8.63. The van der Waals surface area contributed by atoms with Crippen LogP contribution in [0.5, 0.6) is 0 Å². The first-order valence-electron chi connectivity index (χ1n) is 8.63. The summed E-state index contributed by atoms with van der Waals surface area (Å²) in [6.45, 7) is 2.83. The minimum atomic E-state index is -0.0159. The molecule has 128 valence electrons. The van der Waals surface area contributed by atoms with Crippen LogP contribution in [0.25, 0.3) is 10.8 Å². The van der Waals surface area contributed by atoms with E-state index in [1.807, 2.05) is 29.4 Å². The Morgan fingerprint density at radius 1 is 1.00 bits per heavy atom. The monoisotopic (exact) mass is 342 g/mol. The molecule has 1 aliphatic rings. The number of fused-ring (bicyclic) bond motifs is 1. The standard InChI is InChI=1S/C21H18N4O/c22-13-16-4-3-6-17(12-16)21(26)25-10-8-24(9-11-25)20-15-23-14-18-5-1-2-7-19(18)20/h1-7,12,14-15H,8-11H2. The van der Waals surface area contributed by atoms with Crippen LogP contribution in [0.2, 0.25) is 0 Å². The Balaban J connectivity index is 1.50. The average Bonchev–Trinajstić information content (AvgIpc) is 2.73. The van der Waals surface area contributed by atoms with Gasteiger partial charge in [-0.1, -0.05) is 30.3 Å². The lowest BCUT2D eigenvalue weighted by Gasteiger charge is -2.36. The van der Waals surface area contributed by atoms with E-state index in [1.54, 1.807) is 24.3 Å². The number of hydrogen-bond acceptors (Lipinski definition) is 4. The van der Waals surface area contributed by atoms with Crippen LogP contribution in [0.1, 0.15) is 15.9 Å². The molecular formula is C21H18N4O. The lowest BCUT2D eigenvalue weighted by atomic mass is 10.1. The van der Waals surface area contributed by atoms with Crippen LogP contribution in [0.15, 0.2) is 60.9 Å². The summed E-state index contributed by atoms with van der Waals surface area (Å²) in [5.41, 5.74) is 2.20. The SMILES string of the molecule is N#Cc1cccc(C(=O)N2CCN(c3cncc4ccccc34)CC2)c1. The van der Waals surface area contributed by atoms with E-state index in [9.17, 15) is 4.79 Å². The second-order valence-corrected chi connectivity index (χ2v) is 6.35. The van der Waals surface area contributed by atoms with Crippen molar-refractivity contribution < 1.29 is 4.79 Å². The number of hydrogen-bond donors (Lipinski definition) is 0. The number of nitrogens with zero attached hydrogens (tertiary/aromatic N) is 4. The normalized spacial score (nSPS) is 14.3. The highest BCUT2D eigenvalue weighted by Gasteiger charge is 2.23. The van der Waals surface area contributed by atoms with Crippen molar-refractivity contribution >= 4 is 22.4 Å². The molecule has 5 nitrogen and oxygen atoms in total. The first kappa shape index (κ1) is 16.1. The van der Waals surface area contributed by atoms with Crippen molar-refractivity contribution in [2.75, 3.05) is 31.1 Å². The predicted octanol–water partition coefficient (Wildman–Crippen LogP) is 3.07. The van der Waals surface area contributed by atoms with Crippen LogP contribution in [0.4, 0.5) is 5.69 Å². The fourth-order valence-electron chi connectivity index (χ4n) is 3.41. The van der Waals surface area contributed by atoms with E-state index in [1.165, 1.54) is 5.39 Å². The van der Waals surface area contributed by atoms with E-state index < -0.39 is 0 Å². The van der Waals surface area contributed by atoms with Gasteiger partial charge < -0.3 is 9.80 Å². The molecule has 0 N–H and O–H groups in total. The summed E-state index contributed by atoms with van der Waals surface area (Å²) < 4.78 is 0. The Bertz CT molecular complexity index is 995. The van der Waals surface area contributed by atoms with Gasteiger partial charge in [-0.2, -0.15) is 5.26 Å². The highest BCUT2D eigenvalue weighted by Crippen LogP contribution is 2.26. The molecule has 4 rings (SSSR count). The van der Waals surface area contributed by atoms with Crippen LogP contribution >= 0.6 is 0 Å². The Morgan fingerprint density at radius 2 is 1.81 bits per heavy atom. The number of benzene rings is 2. The van der Waals surface area contributed by atoms with Crippen LogP contribution in [-0.4, -0.2) is 42.0 Å². The summed E-state index contributed by atoms with van der Waals surface area (Å²) >= 11 is 0. The average molecular weight is 342 g/mol. The smallest absolute Gasteiger partial charge is 0.254 e. The van der Waals surface area contributed by atoms with Gasteiger partial charge in [-0.15, -0.1) is 0 Å². The number of aromatic nitrogens is 1. The van der Waals surface area contributed by atoms with Gasteiger partial charge in [-0.3, -0.25) is 9.78 Å². The fraction of sp³-hybridized carbons (Fsp3) is 0.190. The Kier molecular flexibility index (Phi) is 4.24. The van der Waals surface area contributed by atoms with Crippen molar-refractivity contribution in [3.8, 4) is 6.07 Å². The predicted molar refractivity (Wildman–Crippen MR) is 101 cm³/mol. The van der Waals surface area contributed by atoms with E-state index in [0.717, 1.165) is 24.2 Å². The molecule has 1 amide bonds. The number of pyridine rings is 1. The molecule has 3 aromatic rings. The maximum atomic E-state index is 12.7. The third-order valence-corrected chi connectivity index (χ3v) is 4.79. The van der Waals surface area contributed by atoms with Crippen molar-refractivity contribution in [3.63, 3.8) is 0 Å². The molecule has 0 spiro atoms. The molecule has 0 atom stereocenters. The van der Waals surface area contributed by atoms with Gasteiger partial charge >= 0.3 is 0 Å². The minimum absolute atomic E-state index is 0.0159. The molecule has 5 heteroatoms. The molecule has 2 aromatic carbocycles. The van der Waals surface area contributed by atoms with Crippen LogP contribution in [0.3, 0.4) is 0 Å². The van der Waals surface area contributed by atoms with Crippen LogP contribution in [0, 0.1) is 11.3 Å². The van der Waals surface area contributed by atoms with Crippen LogP contribution < -0.4 is 4.90 Å². The topological polar surface area (TPSA) is 60.2 Å². The number of amides is 1. The number of carbonyl (C=O) groups excluding carboxylic acids is 1. The highest BCUT2D eigenvalue weighted by atomic mass is 16.2. The second kappa shape index (κ2) is 6.85. The maximum Gasteiger partial charge on any atom is 0.254 e. The Morgan fingerprint density at radius 3 is 2.62 bits per heavy atom. The molecule has 1 aliphatic heterocycles. The largest absolute Gasteiger partial charge is 0.366 e. The molecular weight excluding hydrogens is 324 g/mol. The lowest BCUT2D eigenvalue weighted by Crippen LogP contribution is -2.48. The molecule has 26 heavy (non-hydrogen) atoms. The zero-order valence-corrected chi connectivity index (χ0v) is 14.3. The van der Waals surface area contributed by atoms with E-state index >= 15 is 0 Å². The molecule has 0 unspecified atom stereocenters. The number of piperazine rings is 1. The summed E-state index contributed by atoms with van der Waals surface area (Å²) in [7, 11) is 0. The minimum Gasteiger partial charge on any atom is -0.366 e. The molecule has 1 saturated heterocycles. The van der Waals surface area contributed by atoms with E-state index in [0.29, 0.717) is 24.2 Å². The fourth-order valence-corrected chi connectivity index (χ4v) is 3.41. The van der Waals surface area contributed by atoms with E-state index in [2.05, 4.69) is 28.1 Å². The van der Waals surface area contributed by atoms with Gasteiger partial charge in [0.25, 0.3) is 5.91 Å². The van der Waals surface area contributed by atoms with Crippen LogP contribution in [-0.2, 0) is 0 Å². The summed E-state index contributed by atoms with van der Waals surface area (Å²) in [5, 5.41) is 11.3. The number of nitriles is 1. The summed E-state index contributed by atoms with van der Waals surface area (Å²) in [6.07, 6.45) is 3.77. The van der Waals surface area contributed by atoms with E-state index in [-0.39, 0.29) is 5.91 Å². The van der Waals surface area contributed by atoms with Crippen molar-refractivity contribution in [1.29, 1.82) is 5.26 Å². The third-order valence-electron chi connectivity index (χ3n) is 4.79. The van der Waals surface area contributed by atoms with Gasteiger partial charge in [0.15, 0.2) is 0 Å². The number of anilines is 1.